The van der Waals surface area contributed by atoms with Crippen LogP contribution in [0.5, 0.6) is 0 Å². The molecule has 0 aliphatic heterocycles. The van der Waals surface area contributed by atoms with Gasteiger partial charge in [-0.25, -0.2) is 9.97 Å². The standard InChI is InChI=1S/C16H18N4/c1-12-9-10-14-16(18-12)20-15(19-14)8-5-11-17-13-6-3-2-4-7-13/h2-4,6-7,9-10,17H,5,8,11H2,1H3,(H,18,19,20). The fourth-order valence-corrected chi connectivity index (χ4v) is 2.20. The molecule has 0 saturated heterocycles. The van der Waals surface area contributed by atoms with Crippen LogP contribution in [0.2, 0.25) is 0 Å². The Bertz CT molecular complexity index is 688. The first-order valence-electron chi connectivity index (χ1n) is 6.92. The van der Waals surface area contributed by atoms with Gasteiger partial charge in [0.25, 0.3) is 0 Å². The highest BCUT2D eigenvalue weighted by molar-refractivity contribution is 5.70. The number of hydrogen-bond donors (Lipinski definition) is 2. The van der Waals surface area contributed by atoms with Crippen LogP contribution >= 0.6 is 0 Å². The van der Waals surface area contributed by atoms with Crippen LogP contribution in [0.1, 0.15) is 17.9 Å². The maximum absolute atomic E-state index is 4.52. The topological polar surface area (TPSA) is 53.6 Å². The molecule has 1 aromatic carbocycles. The summed E-state index contributed by atoms with van der Waals surface area (Å²) in [4.78, 5) is 12.3. The molecule has 0 spiro atoms. The number of nitrogens with zero attached hydrogens (tertiary/aromatic N) is 2. The Morgan fingerprint density at radius 3 is 2.75 bits per heavy atom. The first-order chi connectivity index (χ1) is 9.81. The minimum absolute atomic E-state index is 0.816. The number of aromatic amines is 1. The zero-order valence-electron chi connectivity index (χ0n) is 11.6. The molecule has 0 bridgehead atoms. The van der Waals surface area contributed by atoms with Crippen molar-refractivity contribution in [3.05, 3.63) is 54.0 Å². The number of hydrogen-bond acceptors (Lipinski definition) is 3. The van der Waals surface area contributed by atoms with Crippen molar-refractivity contribution in [2.75, 3.05) is 11.9 Å². The van der Waals surface area contributed by atoms with Gasteiger partial charge in [-0.05, 0) is 37.6 Å². The van der Waals surface area contributed by atoms with E-state index >= 15 is 0 Å². The van der Waals surface area contributed by atoms with Gasteiger partial charge in [0, 0.05) is 24.3 Å². The van der Waals surface area contributed by atoms with Gasteiger partial charge in [0.2, 0.25) is 0 Å². The van der Waals surface area contributed by atoms with Gasteiger partial charge in [-0.3, -0.25) is 0 Å². The number of aryl methyl sites for hydroxylation is 2. The molecule has 4 nitrogen and oxygen atoms in total. The Morgan fingerprint density at radius 2 is 1.90 bits per heavy atom. The maximum Gasteiger partial charge on any atom is 0.177 e. The van der Waals surface area contributed by atoms with Crippen molar-refractivity contribution in [1.29, 1.82) is 0 Å². The summed E-state index contributed by atoms with van der Waals surface area (Å²) in [7, 11) is 0. The lowest BCUT2D eigenvalue weighted by Crippen LogP contribution is -2.03. The van der Waals surface area contributed by atoms with E-state index in [1.165, 1.54) is 0 Å². The summed E-state index contributed by atoms with van der Waals surface area (Å²) in [5, 5.41) is 3.40. The molecule has 0 radical (unpaired) electrons. The van der Waals surface area contributed by atoms with E-state index < -0.39 is 0 Å². The molecule has 0 aliphatic rings. The van der Waals surface area contributed by atoms with Crippen molar-refractivity contribution in [2.24, 2.45) is 0 Å². The van der Waals surface area contributed by atoms with E-state index in [0.717, 1.165) is 47.8 Å². The molecule has 0 atom stereocenters. The maximum atomic E-state index is 4.52. The predicted molar refractivity (Wildman–Crippen MR) is 81.9 cm³/mol. The summed E-state index contributed by atoms with van der Waals surface area (Å²) in [6, 6.07) is 14.3. The Morgan fingerprint density at radius 1 is 1.05 bits per heavy atom. The quantitative estimate of drug-likeness (QED) is 0.697. The summed E-state index contributed by atoms with van der Waals surface area (Å²) in [6.45, 7) is 2.92. The average molecular weight is 266 g/mol. The van der Waals surface area contributed by atoms with Crippen molar-refractivity contribution >= 4 is 16.9 Å². The molecule has 2 N–H and O–H groups in total. The molecule has 0 aliphatic carbocycles. The predicted octanol–water partition coefficient (Wildman–Crippen LogP) is 3.31. The van der Waals surface area contributed by atoms with Gasteiger partial charge in [0.05, 0.1) is 5.52 Å². The van der Waals surface area contributed by atoms with E-state index in [2.05, 4.69) is 32.4 Å². The van der Waals surface area contributed by atoms with E-state index in [4.69, 9.17) is 0 Å². The lowest BCUT2D eigenvalue weighted by atomic mass is 10.2. The van der Waals surface area contributed by atoms with Gasteiger partial charge in [0.1, 0.15) is 5.82 Å². The van der Waals surface area contributed by atoms with Crippen LogP contribution < -0.4 is 5.32 Å². The molecular weight excluding hydrogens is 248 g/mol. The van der Waals surface area contributed by atoms with Gasteiger partial charge in [-0.1, -0.05) is 18.2 Å². The van der Waals surface area contributed by atoms with Crippen LogP contribution in [0.3, 0.4) is 0 Å². The molecule has 20 heavy (non-hydrogen) atoms. The van der Waals surface area contributed by atoms with Crippen molar-refractivity contribution in [3.63, 3.8) is 0 Å². The molecular formula is C16H18N4. The number of imidazole rings is 1. The highest BCUT2D eigenvalue weighted by atomic mass is 15.0. The zero-order chi connectivity index (χ0) is 13.8. The fourth-order valence-electron chi connectivity index (χ4n) is 2.20. The molecule has 0 amide bonds. The Balaban J connectivity index is 1.55. The van der Waals surface area contributed by atoms with Crippen molar-refractivity contribution in [3.8, 4) is 0 Å². The Labute approximate surface area is 118 Å². The summed E-state index contributed by atoms with van der Waals surface area (Å²) in [5.41, 5.74) is 3.99. The van der Waals surface area contributed by atoms with Gasteiger partial charge < -0.3 is 10.3 Å². The second-order valence-corrected chi connectivity index (χ2v) is 4.90. The highest BCUT2D eigenvalue weighted by Gasteiger charge is 2.03. The van der Waals surface area contributed by atoms with Crippen LogP contribution in [-0.2, 0) is 6.42 Å². The minimum atomic E-state index is 0.816. The molecule has 2 heterocycles. The zero-order valence-corrected chi connectivity index (χ0v) is 11.6. The molecule has 3 rings (SSSR count). The molecule has 102 valence electrons. The third-order valence-corrected chi connectivity index (χ3v) is 3.23. The first-order valence-corrected chi connectivity index (χ1v) is 6.92. The van der Waals surface area contributed by atoms with Crippen molar-refractivity contribution < 1.29 is 0 Å². The lowest BCUT2D eigenvalue weighted by Gasteiger charge is -2.04. The summed E-state index contributed by atoms with van der Waals surface area (Å²) in [6.07, 6.45) is 1.96. The van der Waals surface area contributed by atoms with Gasteiger partial charge in [-0.2, -0.15) is 0 Å². The molecule has 0 unspecified atom stereocenters. The average Bonchev–Trinajstić information content (AvgIpc) is 2.86. The molecule has 2 aromatic heterocycles. The number of anilines is 1. The largest absolute Gasteiger partial charge is 0.385 e. The molecule has 0 saturated carbocycles. The van der Waals surface area contributed by atoms with Gasteiger partial charge in [0.15, 0.2) is 5.65 Å². The van der Waals surface area contributed by atoms with Crippen molar-refractivity contribution in [1.82, 2.24) is 15.0 Å². The monoisotopic (exact) mass is 266 g/mol. The molecule has 0 fully saturated rings. The highest BCUT2D eigenvalue weighted by Crippen LogP contribution is 2.11. The normalized spacial score (nSPS) is 10.8. The number of nitrogens with one attached hydrogen (secondary N) is 2. The number of aromatic nitrogens is 3. The second-order valence-electron chi connectivity index (χ2n) is 4.90. The van der Waals surface area contributed by atoms with E-state index in [9.17, 15) is 0 Å². The number of benzene rings is 1. The number of fused-ring (bicyclic) bond motifs is 1. The second kappa shape index (κ2) is 5.74. The van der Waals surface area contributed by atoms with E-state index in [1.807, 2.05) is 37.3 Å². The third-order valence-electron chi connectivity index (χ3n) is 3.23. The Kier molecular flexibility index (Phi) is 3.63. The first kappa shape index (κ1) is 12.7. The van der Waals surface area contributed by atoms with Crippen LogP contribution in [0.4, 0.5) is 5.69 Å². The smallest absolute Gasteiger partial charge is 0.177 e. The lowest BCUT2D eigenvalue weighted by molar-refractivity contribution is 0.819. The number of para-hydroxylation sites is 1. The van der Waals surface area contributed by atoms with Crippen LogP contribution in [0.15, 0.2) is 42.5 Å². The minimum Gasteiger partial charge on any atom is -0.385 e. The van der Waals surface area contributed by atoms with Gasteiger partial charge in [-0.15, -0.1) is 0 Å². The molecule has 4 heteroatoms. The SMILES string of the molecule is Cc1ccc2[nH]c(CCCNc3ccccc3)nc2n1. The van der Waals surface area contributed by atoms with Gasteiger partial charge >= 0.3 is 0 Å². The summed E-state index contributed by atoms with van der Waals surface area (Å²) >= 11 is 0. The van der Waals surface area contributed by atoms with E-state index in [-0.39, 0.29) is 0 Å². The summed E-state index contributed by atoms with van der Waals surface area (Å²) < 4.78 is 0. The third kappa shape index (κ3) is 2.96. The fraction of sp³-hybridized carbons (Fsp3) is 0.250. The Hall–Kier alpha value is -2.36. The van der Waals surface area contributed by atoms with E-state index in [1.54, 1.807) is 0 Å². The van der Waals surface area contributed by atoms with Crippen LogP contribution in [0, 0.1) is 6.92 Å². The van der Waals surface area contributed by atoms with Crippen LogP contribution in [-0.4, -0.2) is 21.5 Å². The molecule has 3 aromatic rings. The number of pyridine rings is 1. The van der Waals surface area contributed by atoms with Crippen LogP contribution in [0.25, 0.3) is 11.2 Å². The summed E-state index contributed by atoms with van der Waals surface area (Å²) in [5.74, 6) is 1.01. The number of H-pyrrole nitrogens is 1. The van der Waals surface area contributed by atoms with Crippen molar-refractivity contribution in [2.45, 2.75) is 19.8 Å². The van der Waals surface area contributed by atoms with E-state index in [0.29, 0.717) is 0 Å². The number of rotatable bonds is 5.